The van der Waals surface area contributed by atoms with Crippen LogP contribution in [0.15, 0.2) is 59.9 Å². The summed E-state index contributed by atoms with van der Waals surface area (Å²) in [7, 11) is 1.63. The van der Waals surface area contributed by atoms with Crippen LogP contribution in [-0.4, -0.2) is 28.9 Å². The molecule has 6 heteroatoms. The van der Waals surface area contributed by atoms with Crippen LogP contribution in [0.4, 0.5) is 0 Å². The van der Waals surface area contributed by atoms with Crippen molar-refractivity contribution in [2.24, 2.45) is 5.16 Å². The van der Waals surface area contributed by atoms with Gasteiger partial charge in [-0.05, 0) is 61.4 Å². The highest BCUT2D eigenvalue weighted by atomic mass is 35.5. The summed E-state index contributed by atoms with van der Waals surface area (Å²) in [5.41, 5.74) is 5.61. The number of hydrogen-bond donors (Lipinski definition) is 0. The molecule has 0 N–H and O–H groups in total. The lowest BCUT2D eigenvalue weighted by Crippen LogP contribution is -2.26. The Morgan fingerprint density at radius 2 is 1.90 bits per heavy atom. The van der Waals surface area contributed by atoms with Gasteiger partial charge in [0, 0.05) is 34.8 Å². The van der Waals surface area contributed by atoms with Gasteiger partial charge in [0.2, 0.25) is 5.88 Å². The first-order chi connectivity index (χ1) is 14.0. The van der Waals surface area contributed by atoms with Crippen molar-refractivity contribution in [3.63, 3.8) is 0 Å². The second-order valence-corrected chi connectivity index (χ2v) is 7.59. The van der Waals surface area contributed by atoms with Gasteiger partial charge in [0.05, 0.1) is 12.8 Å². The average Bonchev–Trinajstić information content (AvgIpc) is 2.74. The third kappa shape index (κ3) is 4.10. The number of aryl methyl sites for hydroxylation is 1. The number of methoxy groups -OCH3 is 1. The Labute approximate surface area is 175 Å². The summed E-state index contributed by atoms with van der Waals surface area (Å²) in [6, 6.07) is 15.8. The molecule has 2 atom stereocenters. The van der Waals surface area contributed by atoms with Crippen LogP contribution in [-0.2, 0) is 4.84 Å². The van der Waals surface area contributed by atoms with Crippen molar-refractivity contribution in [3.8, 4) is 17.0 Å². The van der Waals surface area contributed by atoms with Gasteiger partial charge in [0.15, 0.2) is 0 Å². The van der Waals surface area contributed by atoms with Crippen LogP contribution in [0, 0.1) is 6.92 Å². The molecule has 0 fully saturated rings. The summed E-state index contributed by atoms with van der Waals surface area (Å²) >= 11 is 6.04. The Bertz CT molecular complexity index is 1050. The summed E-state index contributed by atoms with van der Waals surface area (Å²) in [5, 5.41) is 5.05. The lowest BCUT2D eigenvalue weighted by atomic mass is 9.87. The van der Waals surface area contributed by atoms with Crippen molar-refractivity contribution >= 4 is 17.3 Å². The number of ether oxygens (including phenoxy) is 1. The number of rotatable bonds is 4. The molecular formula is C23H22ClN3O2. The summed E-state index contributed by atoms with van der Waals surface area (Å²) < 4.78 is 5.57. The SMILES string of the molecule is COc1nc(C2=NOC(C)C(c3ccc(Cl)cc3)C2)ccc1-c1ccnc(C)c1. The number of hydrogen-bond acceptors (Lipinski definition) is 5. The van der Waals surface area contributed by atoms with E-state index >= 15 is 0 Å². The second-order valence-electron chi connectivity index (χ2n) is 7.15. The highest BCUT2D eigenvalue weighted by Crippen LogP contribution is 2.33. The fraction of sp³-hybridized carbons (Fsp3) is 0.261. The van der Waals surface area contributed by atoms with E-state index in [-0.39, 0.29) is 12.0 Å². The first-order valence-electron chi connectivity index (χ1n) is 9.51. The topological polar surface area (TPSA) is 56.6 Å². The maximum absolute atomic E-state index is 6.04. The van der Waals surface area contributed by atoms with Crippen LogP contribution in [0.3, 0.4) is 0 Å². The zero-order valence-corrected chi connectivity index (χ0v) is 17.3. The van der Waals surface area contributed by atoms with Crippen molar-refractivity contribution < 1.29 is 9.57 Å². The number of halogens is 1. The van der Waals surface area contributed by atoms with Crippen LogP contribution in [0.2, 0.25) is 5.02 Å². The van der Waals surface area contributed by atoms with E-state index in [1.807, 2.05) is 62.4 Å². The number of nitrogens with zero attached hydrogens (tertiary/aromatic N) is 3. The quantitative estimate of drug-likeness (QED) is 0.580. The lowest BCUT2D eigenvalue weighted by Gasteiger charge is -2.28. The van der Waals surface area contributed by atoms with Gasteiger partial charge in [-0.15, -0.1) is 0 Å². The predicted octanol–water partition coefficient (Wildman–Crippen LogP) is 5.41. The smallest absolute Gasteiger partial charge is 0.221 e. The molecule has 0 saturated heterocycles. The molecule has 1 aliphatic rings. The standard InChI is InChI=1S/C23H22ClN3O2/c1-14-12-17(10-11-25-14)19-8-9-21(26-23(19)28-3)22-13-20(15(2)29-27-22)16-4-6-18(24)7-5-16/h4-12,15,20H,13H2,1-3H3. The predicted molar refractivity (Wildman–Crippen MR) is 115 cm³/mol. The molecule has 29 heavy (non-hydrogen) atoms. The highest BCUT2D eigenvalue weighted by Gasteiger charge is 2.29. The van der Waals surface area contributed by atoms with Crippen LogP contribution in [0.1, 0.15) is 36.2 Å². The third-order valence-electron chi connectivity index (χ3n) is 5.16. The highest BCUT2D eigenvalue weighted by molar-refractivity contribution is 6.30. The molecule has 5 nitrogen and oxygen atoms in total. The fourth-order valence-electron chi connectivity index (χ4n) is 3.57. The molecule has 0 saturated carbocycles. The minimum absolute atomic E-state index is 0.0270. The van der Waals surface area contributed by atoms with E-state index in [1.165, 1.54) is 5.56 Å². The van der Waals surface area contributed by atoms with Gasteiger partial charge in [-0.1, -0.05) is 28.9 Å². The molecule has 0 aliphatic carbocycles. The van der Waals surface area contributed by atoms with Crippen molar-refractivity contribution in [2.75, 3.05) is 7.11 Å². The van der Waals surface area contributed by atoms with E-state index in [4.69, 9.17) is 26.2 Å². The Balaban J connectivity index is 1.65. The molecule has 3 heterocycles. The monoisotopic (exact) mass is 407 g/mol. The number of pyridine rings is 2. The largest absolute Gasteiger partial charge is 0.481 e. The van der Waals surface area contributed by atoms with Crippen molar-refractivity contribution in [1.29, 1.82) is 0 Å². The summed E-state index contributed by atoms with van der Waals surface area (Å²) in [6.45, 7) is 3.99. The van der Waals surface area contributed by atoms with Gasteiger partial charge in [-0.25, -0.2) is 4.98 Å². The minimum atomic E-state index is -0.0270. The molecule has 1 aromatic carbocycles. The van der Waals surface area contributed by atoms with E-state index in [2.05, 4.69) is 10.1 Å². The molecule has 0 bridgehead atoms. The summed E-state index contributed by atoms with van der Waals surface area (Å²) in [6.07, 6.45) is 2.49. The molecule has 1 aliphatic heterocycles. The Kier molecular flexibility index (Phi) is 5.49. The van der Waals surface area contributed by atoms with Gasteiger partial charge in [-0.2, -0.15) is 0 Å². The first-order valence-corrected chi connectivity index (χ1v) is 9.89. The molecule has 2 aromatic heterocycles. The number of benzene rings is 1. The molecule has 0 spiro atoms. The molecule has 4 rings (SSSR count). The van der Waals surface area contributed by atoms with Gasteiger partial charge in [-0.3, -0.25) is 4.98 Å². The van der Waals surface area contributed by atoms with Crippen LogP contribution < -0.4 is 4.74 Å². The van der Waals surface area contributed by atoms with E-state index in [0.29, 0.717) is 5.88 Å². The maximum atomic E-state index is 6.04. The molecule has 148 valence electrons. The van der Waals surface area contributed by atoms with E-state index < -0.39 is 0 Å². The Morgan fingerprint density at radius 3 is 2.62 bits per heavy atom. The lowest BCUT2D eigenvalue weighted by molar-refractivity contribution is 0.0420. The fourth-order valence-corrected chi connectivity index (χ4v) is 3.70. The number of aromatic nitrogens is 2. The van der Waals surface area contributed by atoms with E-state index in [0.717, 1.165) is 39.7 Å². The molecule has 2 unspecified atom stereocenters. The maximum Gasteiger partial charge on any atom is 0.221 e. The van der Waals surface area contributed by atoms with Crippen LogP contribution in [0.25, 0.3) is 11.1 Å². The zero-order valence-electron chi connectivity index (χ0n) is 16.6. The Hall–Kier alpha value is -2.92. The van der Waals surface area contributed by atoms with Gasteiger partial charge < -0.3 is 9.57 Å². The first kappa shape index (κ1) is 19.4. The van der Waals surface area contributed by atoms with Gasteiger partial charge in [0.1, 0.15) is 11.8 Å². The van der Waals surface area contributed by atoms with E-state index in [1.54, 1.807) is 13.3 Å². The number of oxime groups is 1. The Morgan fingerprint density at radius 1 is 1.10 bits per heavy atom. The van der Waals surface area contributed by atoms with Crippen molar-refractivity contribution in [3.05, 3.63) is 76.7 Å². The molecule has 0 radical (unpaired) electrons. The van der Waals surface area contributed by atoms with Crippen molar-refractivity contribution in [2.45, 2.75) is 32.3 Å². The zero-order chi connectivity index (χ0) is 20.4. The van der Waals surface area contributed by atoms with Crippen LogP contribution >= 0.6 is 11.6 Å². The molecule has 3 aromatic rings. The average molecular weight is 408 g/mol. The molecule has 0 amide bonds. The van der Waals surface area contributed by atoms with Crippen molar-refractivity contribution in [1.82, 2.24) is 9.97 Å². The normalized spacial score (nSPS) is 18.7. The van der Waals surface area contributed by atoms with E-state index in [9.17, 15) is 0 Å². The van der Waals surface area contributed by atoms with Gasteiger partial charge in [0.25, 0.3) is 0 Å². The summed E-state index contributed by atoms with van der Waals surface area (Å²) in [4.78, 5) is 14.7. The van der Waals surface area contributed by atoms with Crippen LogP contribution in [0.5, 0.6) is 5.88 Å². The second kappa shape index (κ2) is 8.21. The minimum Gasteiger partial charge on any atom is -0.481 e. The third-order valence-corrected chi connectivity index (χ3v) is 5.42. The summed E-state index contributed by atoms with van der Waals surface area (Å²) in [5.74, 6) is 0.729. The molecular weight excluding hydrogens is 386 g/mol. The van der Waals surface area contributed by atoms with Gasteiger partial charge >= 0.3 is 0 Å².